The van der Waals surface area contributed by atoms with E-state index in [9.17, 15) is 13.6 Å². The summed E-state index contributed by atoms with van der Waals surface area (Å²) in [6, 6.07) is 13.0. The Kier molecular flexibility index (Phi) is 4.96. The van der Waals surface area contributed by atoms with Crippen LogP contribution in [0.3, 0.4) is 0 Å². The molecule has 0 saturated carbocycles. The average Bonchev–Trinajstić information content (AvgIpc) is 3.06. The van der Waals surface area contributed by atoms with Crippen molar-refractivity contribution >= 4 is 5.91 Å². The zero-order valence-electron chi connectivity index (χ0n) is 15.3. The first-order valence-electron chi connectivity index (χ1n) is 9.55. The highest BCUT2D eigenvalue weighted by atomic mass is 19.1. The van der Waals surface area contributed by atoms with Gasteiger partial charge in [0.25, 0.3) is 0 Å². The molecule has 4 rings (SSSR count). The van der Waals surface area contributed by atoms with E-state index in [1.165, 1.54) is 24.3 Å². The zero-order valence-corrected chi connectivity index (χ0v) is 15.3. The van der Waals surface area contributed by atoms with Crippen molar-refractivity contribution in [3.8, 4) is 0 Å². The van der Waals surface area contributed by atoms with Crippen LogP contribution in [-0.4, -0.2) is 35.3 Å². The van der Waals surface area contributed by atoms with E-state index in [0.717, 1.165) is 56.6 Å². The normalized spacial score (nSPS) is 23.3. The summed E-state index contributed by atoms with van der Waals surface area (Å²) < 4.78 is 26.2. The molecule has 2 saturated heterocycles. The van der Waals surface area contributed by atoms with Crippen LogP contribution >= 0.6 is 0 Å². The van der Waals surface area contributed by atoms with Gasteiger partial charge in [0, 0.05) is 26.2 Å². The molecule has 27 heavy (non-hydrogen) atoms. The van der Waals surface area contributed by atoms with Gasteiger partial charge in [0.15, 0.2) is 0 Å². The number of nitrogens with zero attached hydrogens (tertiary/aromatic N) is 2. The summed E-state index contributed by atoms with van der Waals surface area (Å²) in [6.45, 7) is 3.68. The second-order valence-electron chi connectivity index (χ2n) is 7.82. The quantitative estimate of drug-likeness (QED) is 0.813. The van der Waals surface area contributed by atoms with Gasteiger partial charge in [0.2, 0.25) is 5.91 Å². The molecule has 2 aliphatic rings. The number of amides is 1. The molecule has 5 heteroatoms. The topological polar surface area (TPSA) is 23.6 Å². The molecule has 1 spiro atoms. The van der Waals surface area contributed by atoms with Gasteiger partial charge in [-0.05, 0) is 61.2 Å². The number of likely N-dealkylation sites (tertiary alicyclic amines) is 2. The standard InChI is InChI=1S/C22H24F2N2O/c23-19-6-2-17(3-7-19)14-25-13-11-22(16-25)10-1-12-26(21(22)27)15-18-4-8-20(24)9-5-18/h2-9H,1,10-16H2. The number of benzene rings is 2. The van der Waals surface area contributed by atoms with Crippen LogP contribution in [0.5, 0.6) is 0 Å². The molecular weight excluding hydrogens is 346 g/mol. The second kappa shape index (κ2) is 7.39. The maximum Gasteiger partial charge on any atom is 0.230 e. The Morgan fingerprint density at radius 2 is 1.41 bits per heavy atom. The van der Waals surface area contributed by atoms with Crippen LogP contribution in [0.25, 0.3) is 0 Å². The largest absolute Gasteiger partial charge is 0.338 e. The fourth-order valence-corrected chi connectivity index (χ4v) is 4.43. The van der Waals surface area contributed by atoms with Gasteiger partial charge in [-0.25, -0.2) is 8.78 Å². The van der Waals surface area contributed by atoms with E-state index >= 15 is 0 Å². The van der Waals surface area contributed by atoms with Crippen molar-refractivity contribution in [3.63, 3.8) is 0 Å². The lowest BCUT2D eigenvalue weighted by atomic mass is 9.78. The smallest absolute Gasteiger partial charge is 0.230 e. The third kappa shape index (κ3) is 3.88. The van der Waals surface area contributed by atoms with Gasteiger partial charge in [-0.3, -0.25) is 9.69 Å². The van der Waals surface area contributed by atoms with Crippen LogP contribution in [0.15, 0.2) is 48.5 Å². The monoisotopic (exact) mass is 370 g/mol. The van der Waals surface area contributed by atoms with Crippen molar-refractivity contribution in [3.05, 3.63) is 71.3 Å². The third-order valence-corrected chi connectivity index (χ3v) is 5.86. The van der Waals surface area contributed by atoms with Gasteiger partial charge in [-0.1, -0.05) is 24.3 Å². The number of carbonyl (C=O) groups excluding carboxylic acids is 1. The Bertz CT molecular complexity index is 806. The van der Waals surface area contributed by atoms with E-state index in [4.69, 9.17) is 0 Å². The minimum atomic E-state index is -0.307. The van der Waals surface area contributed by atoms with E-state index in [2.05, 4.69) is 4.90 Å². The average molecular weight is 370 g/mol. The summed E-state index contributed by atoms with van der Waals surface area (Å²) in [6.07, 6.45) is 2.79. The first kappa shape index (κ1) is 18.1. The van der Waals surface area contributed by atoms with Crippen molar-refractivity contribution in [1.29, 1.82) is 0 Å². The molecule has 1 amide bonds. The van der Waals surface area contributed by atoms with E-state index in [1.54, 1.807) is 12.1 Å². The lowest BCUT2D eigenvalue weighted by Gasteiger charge is -2.39. The minimum Gasteiger partial charge on any atom is -0.338 e. The summed E-state index contributed by atoms with van der Waals surface area (Å²) >= 11 is 0. The van der Waals surface area contributed by atoms with E-state index in [0.29, 0.717) is 6.54 Å². The molecule has 1 unspecified atom stereocenters. The summed E-state index contributed by atoms with van der Waals surface area (Å²) in [5, 5.41) is 0. The lowest BCUT2D eigenvalue weighted by molar-refractivity contribution is -0.146. The Hall–Kier alpha value is -2.27. The second-order valence-corrected chi connectivity index (χ2v) is 7.82. The molecule has 2 heterocycles. The first-order chi connectivity index (χ1) is 13.0. The van der Waals surface area contributed by atoms with Crippen LogP contribution in [0, 0.1) is 17.0 Å². The van der Waals surface area contributed by atoms with Gasteiger partial charge in [-0.15, -0.1) is 0 Å². The van der Waals surface area contributed by atoms with Gasteiger partial charge in [0.1, 0.15) is 11.6 Å². The molecule has 2 aromatic carbocycles. The molecule has 1 atom stereocenters. The van der Waals surface area contributed by atoms with E-state index < -0.39 is 0 Å². The van der Waals surface area contributed by atoms with Gasteiger partial charge >= 0.3 is 0 Å². The highest BCUT2D eigenvalue weighted by Crippen LogP contribution is 2.41. The van der Waals surface area contributed by atoms with Crippen LogP contribution in [0.2, 0.25) is 0 Å². The molecular formula is C22H24F2N2O. The van der Waals surface area contributed by atoms with Crippen molar-refractivity contribution in [2.24, 2.45) is 5.41 Å². The number of rotatable bonds is 4. The molecule has 142 valence electrons. The molecule has 0 aliphatic carbocycles. The van der Waals surface area contributed by atoms with Crippen LogP contribution in [-0.2, 0) is 17.9 Å². The predicted octanol–water partition coefficient (Wildman–Crippen LogP) is 3.98. The van der Waals surface area contributed by atoms with Gasteiger partial charge in [-0.2, -0.15) is 0 Å². The Balaban J connectivity index is 1.42. The van der Waals surface area contributed by atoms with Gasteiger partial charge < -0.3 is 4.90 Å². The van der Waals surface area contributed by atoms with Crippen LogP contribution in [0.1, 0.15) is 30.4 Å². The Morgan fingerprint density at radius 1 is 0.815 bits per heavy atom. The van der Waals surface area contributed by atoms with Crippen molar-refractivity contribution < 1.29 is 13.6 Å². The number of carbonyl (C=O) groups is 1. The van der Waals surface area contributed by atoms with Gasteiger partial charge in [0.05, 0.1) is 5.41 Å². The molecule has 2 aliphatic heterocycles. The summed E-state index contributed by atoms with van der Waals surface area (Å²) in [5.74, 6) is -0.261. The molecule has 2 fully saturated rings. The molecule has 0 N–H and O–H groups in total. The fraction of sp³-hybridized carbons (Fsp3) is 0.409. The van der Waals surface area contributed by atoms with E-state index in [-0.39, 0.29) is 23.0 Å². The summed E-state index contributed by atoms with van der Waals surface area (Å²) in [4.78, 5) is 17.5. The minimum absolute atomic E-state index is 0.222. The third-order valence-electron chi connectivity index (χ3n) is 5.86. The van der Waals surface area contributed by atoms with Crippen LogP contribution in [0.4, 0.5) is 8.78 Å². The maximum atomic E-state index is 13.2. The number of piperidine rings is 1. The Morgan fingerprint density at radius 3 is 2.04 bits per heavy atom. The van der Waals surface area contributed by atoms with Crippen molar-refractivity contribution in [2.75, 3.05) is 19.6 Å². The number of halogens is 2. The van der Waals surface area contributed by atoms with E-state index in [1.807, 2.05) is 17.0 Å². The highest BCUT2D eigenvalue weighted by molar-refractivity contribution is 5.84. The molecule has 2 aromatic rings. The maximum absolute atomic E-state index is 13.2. The molecule has 0 radical (unpaired) electrons. The lowest BCUT2D eigenvalue weighted by Crippen LogP contribution is -2.49. The van der Waals surface area contributed by atoms with Crippen LogP contribution < -0.4 is 0 Å². The summed E-state index contributed by atoms with van der Waals surface area (Å²) in [5.41, 5.74) is 1.72. The Labute approximate surface area is 158 Å². The number of hydrogen-bond acceptors (Lipinski definition) is 2. The zero-order chi connectivity index (χ0) is 18.9. The number of hydrogen-bond donors (Lipinski definition) is 0. The fourth-order valence-electron chi connectivity index (χ4n) is 4.43. The molecule has 0 bridgehead atoms. The van der Waals surface area contributed by atoms with Crippen molar-refractivity contribution in [1.82, 2.24) is 9.80 Å². The summed E-state index contributed by atoms with van der Waals surface area (Å²) in [7, 11) is 0. The predicted molar refractivity (Wildman–Crippen MR) is 99.8 cm³/mol. The SMILES string of the molecule is O=C1N(Cc2ccc(F)cc2)CCCC12CCN(Cc1ccc(F)cc1)C2. The first-order valence-corrected chi connectivity index (χ1v) is 9.55. The molecule has 0 aromatic heterocycles. The van der Waals surface area contributed by atoms with Crippen molar-refractivity contribution in [2.45, 2.75) is 32.4 Å². The highest BCUT2D eigenvalue weighted by Gasteiger charge is 2.48. The molecule has 3 nitrogen and oxygen atoms in total.